The van der Waals surface area contributed by atoms with E-state index in [0.29, 0.717) is 13.0 Å². The molecule has 1 fully saturated rings. The van der Waals surface area contributed by atoms with E-state index in [1.165, 1.54) is 0 Å². The SMILES string of the molecule is CCOC(=O)C[C@H](CC1=NS(=O)(=O)[C@@H]2CCCC[C@@H]2O1)c1cccnc1. The molecule has 1 aromatic heterocycles. The molecule has 7 nitrogen and oxygen atoms in total. The molecule has 8 heteroatoms. The van der Waals surface area contributed by atoms with Gasteiger partial charge in [-0.05, 0) is 37.8 Å². The van der Waals surface area contributed by atoms with Gasteiger partial charge >= 0.3 is 5.97 Å². The number of carbonyl (C=O) groups excluding carboxylic acids is 1. The molecule has 1 aliphatic heterocycles. The van der Waals surface area contributed by atoms with Gasteiger partial charge in [0.1, 0.15) is 11.4 Å². The molecule has 142 valence electrons. The maximum absolute atomic E-state index is 12.5. The Morgan fingerprint density at radius 3 is 2.92 bits per heavy atom. The number of nitrogens with zero attached hydrogens (tertiary/aromatic N) is 2. The van der Waals surface area contributed by atoms with Gasteiger partial charge in [0, 0.05) is 24.7 Å². The van der Waals surface area contributed by atoms with Crippen LogP contribution in [0.3, 0.4) is 0 Å². The maximum Gasteiger partial charge on any atom is 0.306 e. The molecule has 0 unspecified atom stereocenters. The fraction of sp³-hybridized carbons (Fsp3) is 0.611. The molecule has 0 amide bonds. The zero-order valence-electron chi connectivity index (χ0n) is 14.8. The van der Waals surface area contributed by atoms with Gasteiger partial charge in [0.05, 0.1) is 13.0 Å². The van der Waals surface area contributed by atoms with E-state index in [9.17, 15) is 13.2 Å². The second-order valence-electron chi connectivity index (χ2n) is 6.68. The van der Waals surface area contributed by atoms with Crippen LogP contribution in [0, 0.1) is 0 Å². The highest BCUT2D eigenvalue weighted by Gasteiger charge is 2.41. The molecule has 3 atom stereocenters. The molecule has 2 heterocycles. The van der Waals surface area contributed by atoms with Crippen molar-refractivity contribution < 1.29 is 22.7 Å². The van der Waals surface area contributed by atoms with Gasteiger partial charge < -0.3 is 9.47 Å². The van der Waals surface area contributed by atoms with Crippen molar-refractivity contribution in [1.82, 2.24) is 4.98 Å². The first-order chi connectivity index (χ1) is 12.5. The number of sulfonamides is 1. The summed E-state index contributed by atoms with van der Waals surface area (Å²) in [6.07, 6.45) is 6.49. The summed E-state index contributed by atoms with van der Waals surface area (Å²) in [6.45, 7) is 2.05. The topological polar surface area (TPSA) is 94.9 Å². The minimum atomic E-state index is -3.57. The molecule has 0 spiro atoms. The van der Waals surface area contributed by atoms with Crippen molar-refractivity contribution >= 4 is 21.9 Å². The summed E-state index contributed by atoms with van der Waals surface area (Å²) in [5, 5.41) is -0.540. The molecule has 3 rings (SSSR count). The van der Waals surface area contributed by atoms with Gasteiger partial charge in [-0.3, -0.25) is 9.78 Å². The number of esters is 1. The van der Waals surface area contributed by atoms with Crippen molar-refractivity contribution in [2.24, 2.45) is 4.40 Å². The van der Waals surface area contributed by atoms with Gasteiger partial charge in [-0.1, -0.05) is 12.5 Å². The molecule has 1 aliphatic carbocycles. The Morgan fingerprint density at radius 1 is 1.38 bits per heavy atom. The highest BCUT2D eigenvalue weighted by atomic mass is 32.2. The van der Waals surface area contributed by atoms with Gasteiger partial charge in [0.2, 0.25) is 5.90 Å². The Morgan fingerprint density at radius 2 is 2.19 bits per heavy atom. The summed E-state index contributed by atoms with van der Waals surface area (Å²) in [7, 11) is -3.57. The van der Waals surface area contributed by atoms with Crippen LogP contribution in [-0.4, -0.2) is 43.2 Å². The van der Waals surface area contributed by atoms with Crippen LogP contribution in [0.4, 0.5) is 0 Å². The third-order valence-corrected chi connectivity index (χ3v) is 6.60. The van der Waals surface area contributed by atoms with Crippen molar-refractivity contribution in [3.05, 3.63) is 30.1 Å². The number of ether oxygens (including phenoxy) is 2. The summed E-state index contributed by atoms with van der Waals surface area (Å²) in [4.78, 5) is 16.1. The van der Waals surface area contributed by atoms with E-state index in [1.54, 1.807) is 25.4 Å². The second-order valence-corrected chi connectivity index (χ2v) is 8.49. The lowest BCUT2D eigenvalue weighted by Crippen LogP contribution is -2.43. The predicted octanol–water partition coefficient (Wildman–Crippen LogP) is 2.58. The Labute approximate surface area is 153 Å². The van der Waals surface area contributed by atoms with E-state index in [2.05, 4.69) is 9.38 Å². The lowest BCUT2D eigenvalue weighted by atomic mass is 9.93. The molecule has 0 N–H and O–H groups in total. The smallest absolute Gasteiger partial charge is 0.306 e. The van der Waals surface area contributed by atoms with E-state index < -0.39 is 15.3 Å². The molecule has 1 aromatic rings. The van der Waals surface area contributed by atoms with Crippen molar-refractivity contribution in [2.75, 3.05) is 6.61 Å². The van der Waals surface area contributed by atoms with Crippen LogP contribution in [0.25, 0.3) is 0 Å². The van der Waals surface area contributed by atoms with E-state index in [1.807, 2.05) is 6.07 Å². The lowest BCUT2D eigenvalue weighted by molar-refractivity contribution is -0.143. The summed E-state index contributed by atoms with van der Waals surface area (Å²) >= 11 is 0. The summed E-state index contributed by atoms with van der Waals surface area (Å²) in [5.74, 6) is -0.445. The first kappa shape index (κ1) is 18.8. The fourth-order valence-electron chi connectivity index (χ4n) is 3.59. The van der Waals surface area contributed by atoms with Gasteiger partial charge in [-0.25, -0.2) is 8.42 Å². The third-order valence-electron chi connectivity index (χ3n) is 4.84. The predicted molar refractivity (Wildman–Crippen MR) is 96.3 cm³/mol. The zero-order valence-corrected chi connectivity index (χ0v) is 15.7. The number of pyridine rings is 1. The van der Waals surface area contributed by atoms with Crippen molar-refractivity contribution in [3.8, 4) is 0 Å². The van der Waals surface area contributed by atoms with Gasteiger partial charge in [0.25, 0.3) is 10.0 Å². The Balaban J connectivity index is 1.82. The van der Waals surface area contributed by atoms with E-state index >= 15 is 0 Å². The fourth-order valence-corrected chi connectivity index (χ4v) is 5.16. The third kappa shape index (κ3) is 4.41. The molecule has 26 heavy (non-hydrogen) atoms. The number of carbonyl (C=O) groups is 1. The average molecular weight is 380 g/mol. The van der Waals surface area contributed by atoms with E-state index in [-0.39, 0.29) is 36.7 Å². The van der Waals surface area contributed by atoms with Crippen LogP contribution in [0.1, 0.15) is 56.9 Å². The number of hydrogen-bond donors (Lipinski definition) is 0. The Bertz CT molecular complexity index is 763. The molecule has 0 saturated heterocycles. The lowest BCUT2D eigenvalue weighted by Gasteiger charge is -2.34. The van der Waals surface area contributed by atoms with Crippen molar-refractivity contribution in [1.29, 1.82) is 0 Å². The maximum atomic E-state index is 12.5. The van der Waals surface area contributed by atoms with Crippen LogP contribution in [0.15, 0.2) is 28.9 Å². The van der Waals surface area contributed by atoms with Crippen molar-refractivity contribution in [2.45, 2.75) is 62.7 Å². The van der Waals surface area contributed by atoms with Gasteiger partial charge in [-0.2, -0.15) is 0 Å². The summed E-state index contributed by atoms with van der Waals surface area (Å²) in [5.41, 5.74) is 0.829. The standard InChI is InChI=1S/C18H24N2O5S/c1-2-24-18(21)11-14(13-6-5-9-19-12-13)10-17-20-26(22,23)16-8-4-3-7-15(16)25-17/h5-6,9,12,14-16H,2-4,7-8,10-11H2,1H3/t14-,15-,16+/m0/s1. The molecular weight excluding hydrogens is 356 g/mol. The van der Waals surface area contributed by atoms with Crippen LogP contribution in [0.2, 0.25) is 0 Å². The number of hydrogen-bond acceptors (Lipinski definition) is 6. The molecule has 2 aliphatic rings. The highest BCUT2D eigenvalue weighted by Crippen LogP contribution is 2.33. The van der Waals surface area contributed by atoms with Crippen LogP contribution in [-0.2, 0) is 24.3 Å². The quantitative estimate of drug-likeness (QED) is 0.704. The van der Waals surface area contributed by atoms with Crippen LogP contribution < -0.4 is 0 Å². The van der Waals surface area contributed by atoms with Crippen molar-refractivity contribution in [3.63, 3.8) is 0 Å². The molecule has 0 radical (unpaired) electrons. The van der Waals surface area contributed by atoms with E-state index in [4.69, 9.17) is 9.47 Å². The number of fused-ring (bicyclic) bond motifs is 1. The average Bonchev–Trinajstić information content (AvgIpc) is 2.62. The normalized spacial score (nSPS) is 25.3. The largest absolute Gasteiger partial charge is 0.475 e. The second kappa shape index (κ2) is 8.16. The summed E-state index contributed by atoms with van der Waals surface area (Å²) in [6, 6.07) is 3.64. The Kier molecular flexibility index (Phi) is 5.90. The minimum Gasteiger partial charge on any atom is -0.475 e. The first-order valence-corrected chi connectivity index (χ1v) is 10.5. The molecule has 1 saturated carbocycles. The Hall–Kier alpha value is -1.96. The van der Waals surface area contributed by atoms with Crippen LogP contribution >= 0.6 is 0 Å². The number of aromatic nitrogens is 1. The summed E-state index contributed by atoms with van der Waals surface area (Å²) < 4.78 is 39.9. The zero-order chi connectivity index (χ0) is 18.6. The first-order valence-electron chi connectivity index (χ1n) is 9.04. The number of rotatable bonds is 6. The molecule has 0 bridgehead atoms. The molecule has 0 aromatic carbocycles. The monoisotopic (exact) mass is 380 g/mol. The van der Waals surface area contributed by atoms with Gasteiger partial charge in [-0.15, -0.1) is 4.40 Å². The minimum absolute atomic E-state index is 0.121. The molecular formula is C18H24N2O5S. The van der Waals surface area contributed by atoms with Gasteiger partial charge in [0.15, 0.2) is 0 Å². The highest BCUT2D eigenvalue weighted by molar-refractivity contribution is 7.91. The van der Waals surface area contributed by atoms with E-state index in [0.717, 1.165) is 24.8 Å². The van der Waals surface area contributed by atoms with Crippen LogP contribution in [0.5, 0.6) is 0 Å².